The van der Waals surface area contributed by atoms with Gasteiger partial charge in [-0.25, -0.2) is 0 Å². The maximum absolute atomic E-state index is 11.3. The van der Waals surface area contributed by atoms with E-state index >= 15 is 0 Å². The minimum atomic E-state index is -0.677. The number of aryl methyl sites for hydroxylation is 1. The lowest BCUT2D eigenvalue weighted by Gasteiger charge is -2.12. The van der Waals surface area contributed by atoms with Crippen molar-refractivity contribution in [1.82, 2.24) is 0 Å². The van der Waals surface area contributed by atoms with Crippen LogP contribution in [0, 0.1) is 5.92 Å². The summed E-state index contributed by atoms with van der Waals surface area (Å²) >= 11 is 0. The first-order valence-corrected chi connectivity index (χ1v) is 9.23. The van der Waals surface area contributed by atoms with Crippen LogP contribution in [0.25, 0.3) is 0 Å². The molecule has 0 spiro atoms. The van der Waals surface area contributed by atoms with Crippen molar-refractivity contribution in [2.24, 2.45) is 5.92 Å². The predicted molar refractivity (Wildman–Crippen MR) is 94.0 cm³/mol. The molecule has 0 saturated carbocycles. The minimum Gasteiger partial charge on any atom is -0.481 e. The molecule has 0 amide bonds. The molecule has 1 aliphatic rings. The molecule has 134 valence electrons. The van der Waals surface area contributed by atoms with Gasteiger partial charge >= 0.3 is 5.97 Å². The summed E-state index contributed by atoms with van der Waals surface area (Å²) in [5.74, 6) is -0.939. The number of unbranched alkanes of at least 4 members (excludes halogenated alkanes) is 2. The number of carbonyl (C=O) groups is 1. The zero-order chi connectivity index (χ0) is 17.2. The molecule has 0 radical (unpaired) electrons. The van der Waals surface area contributed by atoms with E-state index in [9.17, 15) is 9.90 Å². The third kappa shape index (κ3) is 6.62. The highest BCUT2D eigenvalue weighted by Crippen LogP contribution is 2.18. The van der Waals surface area contributed by atoms with Crippen molar-refractivity contribution in [2.75, 3.05) is 13.2 Å². The van der Waals surface area contributed by atoms with E-state index in [1.54, 1.807) is 0 Å². The standard InChI is InChI=1S/C20H30O4/c1-2-3-7-18(20(21)22)15-17-11-9-16(10-12-17)6-4-5-8-19-23-13-14-24-19/h9-12,18-19H,2-8,13-15H2,1H3,(H,21,22). The molecule has 0 aromatic heterocycles. The van der Waals surface area contributed by atoms with Crippen molar-refractivity contribution in [1.29, 1.82) is 0 Å². The number of hydrogen-bond donors (Lipinski definition) is 1. The number of carboxylic acid groups (broad SMARTS) is 1. The maximum Gasteiger partial charge on any atom is 0.306 e. The molecular weight excluding hydrogens is 304 g/mol. The largest absolute Gasteiger partial charge is 0.481 e. The number of aliphatic carboxylic acids is 1. The highest BCUT2D eigenvalue weighted by Gasteiger charge is 2.17. The van der Waals surface area contributed by atoms with E-state index in [-0.39, 0.29) is 12.2 Å². The Morgan fingerprint density at radius 2 is 1.79 bits per heavy atom. The van der Waals surface area contributed by atoms with Crippen LogP contribution < -0.4 is 0 Å². The van der Waals surface area contributed by atoms with Gasteiger partial charge in [-0.1, -0.05) is 44.0 Å². The maximum atomic E-state index is 11.3. The molecule has 1 aliphatic heterocycles. The SMILES string of the molecule is CCCCC(Cc1ccc(CCCCC2OCCO2)cc1)C(=O)O. The zero-order valence-electron chi connectivity index (χ0n) is 14.7. The Hall–Kier alpha value is -1.39. The monoisotopic (exact) mass is 334 g/mol. The van der Waals surface area contributed by atoms with Gasteiger partial charge in [0.2, 0.25) is 0 Å². The van der Waals surface area contributed by atoms with Gasteiger partial charge in [0, 0.05) is 0 Å². The highest BCUT2D eigenvalue weighted by atomic mass is 16.7. The average Bonchev–Trinajstić information content (AvgIpc) is 3.10. The predicted octanol–water partition coefficient (Wildman–Crippen LogP) is 4.21. The van der Waals surface area contributed by atoms with Gasteiger partial charge in [0.05, 0.1) is 19.1 Å². The number of carboxylic acids is 1. The number of rotatable bonds is 11. The van der Waals surface area contributed by atoms with Crippen molar-refractivity contribution < 1.29 is 19.4 Å². The Labute approximate surface area is 145 Å². The van der Waals surface area contributed by atoms with Gasteiger partial charge in [-0.3, -0.25) is 4.79 Å². The van der Waals surface area contributed by atoms with Crippen LogP contribution in [0.2, 0.25) is 0 Å². The van der Waals surface area contributed by atoms with Crippen LogP contribution in [0.15, 0.2) is 24.3 Å². The lowest BCUT2D eigenvalue weighted by molar-refractivity contribution is -0.142. The molecule has 1 atom stereocenters. The van der Waals surface area contributed by atoms with Crippen LogP contribution in [0.3, 0.4) is 0 Å². The first-order chi connectivity index (χ1) is 11.7. The second-order valence-corrected chi connectivity index (χ2v) is 6.61. The van der Waals surface area contributed by atoms with E-state index in [0.29, 0.717) is 6.42 Å². The van der Waals surface area contributed by atoms with Gasteiger partial charge in [0.1, 0.15) is 0 Å². The molecule has 1 aromatic carbocycles. The Balaban J connectivity index is 1.71. The summed E-state index contributed by atoms with van der Waals surface area (Å²) < 4.78 is 10.9. The Morgan fingerprint density at radius 1 is 1.12 bits per heavy atom. The van der Waals surface area contributed by atoms with E-state index in [2.05, 4.69) is 31.2 Å². The van der Waals surface area contributed by atoms with Crippen molar-refractivity contribution in [3.05, 3.63) is 35.4 Å². The summed E-state index contributed by atoms with van der Waals surface area (Å²) in [5, 5.41) is 9.33. The fourth-order valence-electron chi connectivity index (χ4n) is 3.10. The van der Waals surface area contributed by atoms with Crippen molar-refractivity contribution >= 4 is 5.97 Å². The van der Waals surface area contributed by atoms with Gasteiger partial charge in [0.25, 0.3) is 0 Å². The zero-order valence-corrected chi connectivity index (χ0v) is 14.7. The highest BCUT2D eigenvalue weighted by molar-refractivity contribution is 5.70. The smallest absolute Gasteiger partial charge is 0.306 e. The lowest BCUT2D eigenvalue weighted by Crippen LogP contribution is -2.16. The summed E-state index contributed by atoms with van der Waals surface area (Å²) in [4.78, 5) is 11.3. The third-order valence-corrected chi connectivity index (χ3v) is 4.61. The summed E-state index contributed by atoms with van der Waals surface area (Å²) in [6.45, 7) is 3.54. The van der Waals surface area contributed by atoms with Gasteiger partial charge in [-0.2, -0.15) is 0 Å². The van der Waals surface area contributed by atoms with Crippen molar-refractivity contribution in [2.45, 2.75) is 64.6 Å². The van der Waals surface area contributed by atoms with E-state index in [4.69, 9.17) is 9.47 Å². The number of hydrogen-bond acceptors (Lipinski definition) is 3. The first-order valence-electron chi connectivity index (χ1n) is 9.23. The molecule has 4 nitrogen and oxygen atoms in total. The number of ether oxygens (including phenoxy) is 2. The van der Waals surface area contributed by atoms with Gasteiger partial charge in [-0.15, -0.1) is 0 Å². The molecule has 1 heterocycles. The van der Waals surface area contributed by atoms with Crippen LogP contribution in [0.5, 0.6) is 0 Å². The normalized spacial score (nSPS) is 16.4. The molecular formula is C20H30O4. The quantitative estimate of drug-likeness (QED) is 0.616. The molecule has 4 heteroatoms. The third-order valence-electron chi connectivity index (χ3n) is 4.61. The van der Waals surface area contributed by atoms with E-state index in [1.165, 1.54) is 5.56 Å². The van der Waals surface area contributed by atoms with Gasteiger partial charge in [0.15, 0.2) is 6.29 Å². The molecule has 0 aliphatic carbocycles. The van der Waals surface area contributed by atoms with E-state index < -0.39 is 5.97 Å². The molecule has 24 heavy (non-hydrogen) atoms. The second kappa shape index (κ2) is 10.5. The Morgan fingerprint density at radius 3 is 2.42 bits per heavy atom. The van der Waals surface area contributed by atoms with E-state index in [1.807, 2.05) is 0 Å². The second-order valence-electron chi connectivity index (χ2n) is 6.61. The Bertz CT molecular complexity index is 477. The van der Waals surface area contributed by atoms with E-state index in [0.717, 1.165) is 63.7 Å². The van der Waals surface area contributed by atoms with Crippen LogP contribution in [0.4, 0.5) is 0 Å². The minimum absolute atomic E-state index is 0.00319. The lowest BCUT2D eigenvalue weighted by atomic mass is 9.93. The molecule has 1 aromatic rings. The summed E-state index contributed by atoms with van der Waals surface area (Å²) in [7, 11) is 0. The molecule has 1 N–H and O–H groups in total. The number of benzene rings is 1. The van der Waals surface area contributed by atoms with Gasteiger partial charge in [-0.05, 0) is 49.7 Å². The van der Waals surface area contributed by atoms with Crippen LogP contribution in [0.1, 0.15) is 56.6 Å². The summed E-state index contributed by atoms with van der Waals surface area (Å²) in [5.41, 5.74) is 2.43. The van der Waals surface area contributed by atoms with Crippen LogP contribution >= 0.6 is 0 Å². The molecule has 2 rings (SSSR count). The molecule has 1 unspecified atom stereocenters. The summed E-state index contributed by atoms with van der Waals surface area (Å²) in [6.07, 6.45) is 7.65. The van der Waals surface area contributed by atoms with Crippen LogP contribution in [-0.4, -0.2) is 30.6 Å². The topological polar surface area (TPSA) is 55.8 Å². The molecule has 1 saturated heterocycles. The molecule has 1 fully saturated rings. The van der Waals surface area contributed by atoms with Crippen LogP contribution in [-0.2, 0) is 27.1 Å². The van der Waals surface area contributed by atoms with Gasteiger partial charge < -0.3 is 14.6 Å². The average molecular weight is 334 g/mol. The first kappa shape index (κ1) is 18.9. The molecule has 0 bridgehead atoms. The Kier molecular flexibility index (Phi) is 8.26. The fourth-order valence-corrected chi connectivity index (χ4v) is 3.10. The van der Waals surface area contributed by atoms with Crippen molar-refractivity contribution in [3.8, 4) is 0 Å². The summed E-state index contributed by atoms with van der Waals surface area (Å²) in [6, 6.07) is 8.44. The van der Waals surface area contributed by atoms with Crippen molar-refractivity contribution in [3.63, 3.8) is 0 Å². The fraction of sp³-hybridized carbons (Fsp3) is 0.650.